The van der Waals surface area contributed by atoms with Crippen LogP contribution in [0, 0.1) is 0 Å². The minimum atomic E-state index is -3.61. The Hall–Kier alpha value is -2.59. The van der Waals surface area contributed by atoms with Gasteiger partial charge in [-0.25, -0.2) is 13.4 Å². The number of aromatic nitrogens is 1. The molecule has 1 unspecified atom stereocenters. The summed E-state index contributed by atoms with van der Waals surface area (Å²) in [7, 11) is -3.61. The summed E-state index contributed by atoms with van der Waals surface area (Å²) in [6.07, 6.45) is 4.74. The number of fused-ring (bicyclic) bond motifs is 1. The molecule has 3 heterocycles. The summed E-state index contributed by atoms with van der Waals surface area (Å²) in [5, 5.41) is 3.47. The molecule has 1 aromatic heterocycles. The van der Waals surface area contributed by atoms with Crippen LogP contribution in [0.5, 0.6) is 0 Å². The first-order valence-corrected chi connectivity index (χ1v) is 14.5. The molecule has 2 aliphatic rings. The number of quaternary nitrogens is 1. The van der Waals surface area contributed by atoms with Crippen molar-refractivity contribution in [3.63, 3.8) is 0 Å². The second kappa shape index (κ2) is 10.6. The van der Waals surface area contributed by atoms with Crippen LogP contribution in [0.4, 0.5) is 5.13 Å². The first-order valence-electron chi connectivity index (χ1n) is 12.3. The third kappa shape index (κ3) is 5.64. The zero-order valence-corrected chi connectivity index (χ0v) is 21.3. The molecule has 2 N–H and O–H groups in total. The lowest BCUT2D eigenvalue weighted by Gasteiger charge is -2.22. The molecular formula is C26H31N4O3S2+. The number of sulfonamides is 1. The van der Waals surface area contributed by atoms with Gasteiger partial charge in [0.1, 0.15) is 13.1 Å². The summed E-state index contributed by atoms with van der Waals surface area (Å²) in [5.74, 6) is -0.336. The van der Waals surface area contributed by atoms with Crippen LogP contribution in [0.3, 0.4) is 0 Å². The highest BCUT2D eigenvalue weighted by Gasteiger charge is 2.27. The molecule has 1 amide bonds. The van der Waals surface area contributed by atoms with Crippen molar-refractivity contribution < 1.29 is 18.1 Å². The lowest BCUT2D eigenvalue weighted by molar-refractivity contribution is -0.929. The van der Waals surface area contributed by atoms with E-state index in [0.29, 0.717) is 23.8 Å². The third-order valence-electron chi connectivity index (χ3n) is 6.72. The molecule has 0 aliphatic carbocycles. The molecule has 1 fully saturated rings. The molecule has 0 bridgehead atoms. The Labute approximate surface area is 210 Å². The fourth-order valence-electron chi connectivity index (χ4n) is 4.81. The molecule has 35 heavy (non-hydrogen) atoms. The maximum atomic E-state index is 13.1. The van der Waals surface area contributed by atoms with E-state index in [2.05, 4.69) is 34.6 Å². The maximum Gasteiger partial charge on any atom is 0.257 e. The van der Waals surface area contributed by atoms with Crippen LogP contribution in [0.25, 0.3) is 0 Å². The molecule has 5 rings (SSSR count). The minimum Gasteiger partial charge on any atom is -0.326 e. The molecule has 0 saturated carbocycles. The molecule has 0 radical (unpaired) electrons. The normalized spacial score (nSPS) is 19.0. The zero-order valence-electron chi connectivity index (χ0n) is 19.7. The molecule has 1 atom stereocenters. The molecule has 0 spiro atoms. The summed E-state index contributed by atoms with van der Waals surface area (Å²) in [6.45, 7) is 3.94. The number of thiazole rings is 1. The van der Waals surface area contributed by atoms with E-state index in [4.69, 9.17) is 0 Å². The van der Waals surface area contributed by atoms with E-state index in [0.717, 1.165) is 57.4 Å². The molecule has 9 heteroatoms. The highest BCUT2D eigenvalue weighted by atomic mass is 32.2. The van der Waals surface area contributed by atoms with E-state index in [1.54, 1.807) is 22.5 Å². The molecule has 1 saturated heterocycles. The van der Waals surface area contributed by atoms with Crippen LogP contribution in [-0.2, 0) is 29.5 Å². The Bertz CT molecular complexity index is 1280. The van der Waals surface area contributed by atoms with Crippen LogP contribution < -0.4 is 10.2 Å². The smallest absolute Gasteiger partial charge is 0.257 e. The highest BCUT2D eigenvalue weighted by molar-refractivity contribution is 7.89. The molecular weight excluding hydrogens is 480 g/mol. The second-order valence-corrected chi connectivity index (χ2v) is 12.3. The van der Waals surface area contributed by atoms with Crippen molar-refractivity contribution >= 4 is 32.4 Å². The predicted octanol–water partition coefficient (Wildman–Crippen LogP) is 3.10. The number of benzene rings is 2. The Morgan fingerprint density at radius 1 is 1.03 bits per heavy atom. The van der Waals surface area contributed by atoms with Crippen LogP contribution in [-0.4, -0.2) is 43.2 Å². The van der Waals surface area contributed by atoms with Gasteiger partial charge in [0.05, 0.1) is 22.0 Å². The number of hydrogen-bond donors (Lipinski definition) is 2. The molecule has 2 aliphatic heterocycles. The summed E-state index contributed by atoms with van der Waals surface area (Å²) in [6, 6.07) is 16.8. The van der Waals surface area contributed by atoms with E-state index in [1.165, 1.54) is 32.7 Å². The van der Waals surface area contributed by atoms with Crippen molar-refractivity contribution in [2.24, 2.45) is 0 Å². The first-order chi connectivity index (χ1) is 17.0. The van der Waals surface area contributed by atoms with Gasteiger partial charge in [-0.3, -0.25) is 10.1 Å². The van der Waals surface area contributed by atoms with Gasteiger partial charge < -0.3 is 4.90 Å². The van der Waals surface area contributed by atoms with Crippen molar-refractivity contribution in [3.05, 3.63) is 76.3 Å². The highest BCUT2D eigenvalue weighted by Crippen LogP contribution is 2.26. The van der Waals surface area contributed by atoms with Gasteiger partial charge >= 0.3 is 0 Å². The maximum absolute atomic E-state index is 13.1. The zero-order chi connectivity index (χ0) is 24.3. The second-order valence-electron chi connectivity index (χ2n) is 9.28. The number of anilines is 1. The minimum absolute atomic E-state index is 0.172. The van der Waals surface area contributed by atoms with E-state index in [1.807, 2.05) is 6.07 Å². The first kappa shape index (κ1) is 24.1. The van der Waals surface area contributed by atoms with Crippen molar-refractivity contribution in [3.8, 4) is 0 Å². The monoisotopic (exact) mass is 511 g/mol. The quantitative estimate of drug-likeness (QED) is 0.533. The van der Waals surface area contributed by atoms with Crippen molar-refractivity contribution in [2.75, 3.05) is 25.0 Å². The Morgan fingerprint density at radius 2 is 1.80 bits per heavy atom. The molecule has 184 valence electrons. The number of carbonyl (C=O) groups excluding carboxylic acids is 1. The van der Waals surface area contributed by atoms with Crippen molar-refractivity contribution in [2.45, 2.75) is 50.1 Å². The third-order valence-corrected chi connectivity index (χ3v) is 9.63. The molecule has 3 aromatic rings. The van der Waals surface area contributed by atoms with Gasteiger partial charge in [0, 0.05) is 30.6 Å². The molecule has 7 nitrogen and oxygen atoms in total. The lowest BCUT2D eigenvalue weighted by Crippen LogP contribution is -3.10. The van der Waals surface area contributed by atoms with E-state index >= 15 is 0 Å². The van der Waals surface area contributed by atoms with Crippen LogP contribution >= 0.6 is 11.3 Å². The Morgan fingerprint density at radius 3 is 2.57 bits per heavy atom. The van der Waals surface area contributed by atoms with Crippen LogP contribution in [0.1, 0.15) is 52.2 Å². The van der Waals surface area contributed by atoms with E-state index < -0.39 is 10.0 Å². The van der Waals surface area contributed by atoms with Crippen LogP contribution in [0.2, 0.25) is 0 Å². The predicted molar refractivity (Wildman–Crippen MR) is 137 cm³/mol. The lowest BCUT2D eigenvalue weighted by atomic mass is 10.1. The number of hydrogen-bond acceptors (Lipinski definition) is 5. The number of carbonyl (C=O) groups is 1. The van der Waals surface area contributed by atoms with Gasteiger partial charge in [0.25, 0.3) is 5.91 Å². The van der Waals surface area contributed by atoms with Gasteiger partial charge in [0.2, 0.25) is 10.0 Å². The van der Waals surface area contributed by atoms with Gasteiger partial charge in [-0.05, 0) is 31.0 Å². The Kier molecular flexibility index (Phi) is 7.29. The van der Waals surface area contributed by atoms with E-state index in [9.17, 15) is 13.2 Å². The summed E-state index contributed by atoms with van der Waals surface area (Å²) < 4.78 is 27.8. The number of nitrogens with zero attached hydrogens (tertiary/aromatic N) is 2. The fraction of sp³-hybridized carbons (Fsp3) is 0.385. The number of amides is 1. The molecule has 2 aromatic carbocycles. The van der Waals surface area contributed by atoms with Gasteiger partial charge in [0.15, 0.2) is 5.13 Å². The van der Waals surface area contributed by atoms with Gasteiger partial charge in [-0.1, -0.05) is 60.6 Å². The van der Waals surface area contributed by atoms with E-state index in [-0.39, 0.29) is 10.8 Å². The van der Waals surface area contributed by atoms with Gasteiger partial charge in [-0.15, -0.1) is 0 Å². The SMILES string of the molecule is O=C(Nc1nc2c(s1)C[NH+](Cc1ccccc1)CC2)c1cccc(S(=O)(=O)N2CCCCCC2)c1. The topological polar surface area (TPSA) is 83.8 Å². The summed E-state index contributed by atoms with van der Waals surface area (Å²) >= 11 is 1.52. The average molecular weight is 512 g/mol. The van der Waals surface area contributed by atoms with Crippen molar-refractivity contribution in [1.82, 2.24) is 9.29 Å². The number of nitrogens with one attached hydrogen (secondary N) is 2. The Balaban J connectivity index is 1.26. The standard InChI is InChI=1S/C26H30N4O3S2/c31-25(21-11-8-12-22(17-21)35(32,33)30-14-6-1-2-7-15-30)28-26-27-23-13-16-29(19-24(23)34-26)18-20-9-4-3-5-10-20/h3-5,8-12,17H,1-2,6-7,13-16,18-19H2,(H,27,28,31)/p+1. The summed E-state index contributed by atoms with van der Waals surface area (Å²) in [4.78, 5) is 20.5. The average Bonchev–Trinajstić information content (AvgIpc) is 3.06. The van der Waals surface area contributed by atoms with Crippen LogP contribution in [0.15, 0.2) is 59.5 Å². The summed E-state index contributed by atoms with van der Waals surface area (Å²) in [5.41, 5.74) is 2.70. The fourth-order valence-corrected chi connectivity index (χ4v) is 7.45. The van der Waals surface area contributed by atoms with Gasteiger partial charge in [-0.2, -0.15) is 4.31 Å². The van der Waals surface area contributed by atoms with Crippen molar-refractivity contribution in [1.29, 1.82) is 0 Å². The largest absolute Gasteiger partial charge is 0.326 e. The number of rotatable bonds is 6.